The van der Waals surface area contributed by atoms with E-state index in [1.165, 1.54) is 6.26 Å². The molecule has 37 heavy (non-hydrogen) atoms. The van der Waals surface area contributed by atoms with E-state index >= 15 is 0 Å². The second-order valence-electron chi connectivity index (χ2n) is 11.8. The van der Waals surface area contributed by atoms with Crippen molar-refractivity contribution in [3.05, 3.63) is 47.7 Å². The fourth-order valence-electron chi connectivity index (χ4n) is 7.49. The molecule has 5 aliphatic rings. The number of benzene rings is 1. The first-order chi connectivity index (χ1) is 17.6. The molecule has 2 N–H and O–H groups in total. The number of rotatable bonds is 5. The summed E-state index contributed by atoms with van der Waals surface area (Å²) in [6.07, 6.45) is 5.98. The lowest BCUT2D eigenvalue weighted by molar-refractivity contribution is -0.136. The predicted octanol–water partition coefficient (Wildman–Crippen LogP) is 2.79. The van der Waals surface area contributed by atoms with Gasteiger partial charge in [-0.2, -0.15) is 0 Å². The summed E-state index contributed by atoms with van der Waals surface area (Å²) in [4.78, 5) is 22.9. The molecule has 2 atom stereocenters. The SMILES string of the molecule is Cc1ccc(C(=O)N[C@H]2C3CC4CC2C[C@](O)(C4)C3)nc1N1CCN(c2ccc(S(C)(=O)=O)cc2)CC1. The first-order valence-electron chi connectivity index (χ1n) is 13.4. The highest BCUT2D eigenvalue weighted by atomic mass is 32.2. The number of pyridine rings is 1. The van der Waals surface area contributed by atoms with E-state index in [1.807, 2.05) is 31.2 Å². The Labute approximate surface area is 219 Å². The maximum Gasteiger partial charge on any atom is 0.270 e. The third-order valence-corrected chi connectivity index (χ3v) is 10.2. The fourth-order valence-corrected chi connectivity index (χ4v) is 8.12. The lowest BCUT2D eigenvalue weighted by atomic mass is 9.52. The number of nitrogens with one attached hydrogen (secondary N) is 1. The molecule has 2 aromatic rings. The number of sulfone groups is 1. The van der Waals surface area contributed by atoms with Crippen LogP contribution < -0.4 is 15.1 Å². The molecule has 1 amide bonds. The monoisotopic (exact) mass is 524 g/mol. The summed E-state index contributed by atoms with van der Waals surface area (Å²) in [7, 11) is -3.21. The molecule has 7 rings (SSSR count). The third kappa shape index (κ3) is 4.72. The van der Waals surface area contributed by atoms with Crippen molar-refractivity contribution in [1.29, 1.82) is 0 Å². The van der Waals surface area contributed by atoms with Gasteiger partial charge in [-0.15, -0.1) is 0 Å². The average molecular weight is 525 g/mol. The van der Waals surface area contributed by atoms with Gasteiger partial charge in [0.25, 0.3) is 5.91 Å². The van der Waals surface area contributed by atoms with E-state index in [0.29, 0.717) is 28.3 Å². The number of hydrogen-bond donors (Lipinski definition) is 2. The first kappa shape index (κ1) is 24.7. The molecule has 2 unspecified atom stereocenters. The number of aromatic nitrogens is 1. The summed E-state index contributed by atoms with van der Waals surface area (Å²) in [5.41, 5.74) is 1.99. The Morgan fingerprint density at radius 2 is 1.59 bits per heavy atom. The van der Waals surface area contributed by atoms with Crippen molar-refractivity contribution in [2.75, 3.05) is 42.2 Å². The van der Waals surface area contributed by atoms with E-state index in [1.54, 1.807) is 12.1 Å². The summed E-state index contributed by atoms with van der Waals surface area (Å²) in [5, 5.41) is 14.2. The van der Waals surface area contributed by atoms with E-state index in [0.717, 1.165) is 75.4 Å². The molecule has 1 aromatic carbocycles. The molecule has 1 aliphatic heterocycles. The van der Waals surface area contributed by atoms with Gasteiger partial charge in [-0.1, -0.05) is 6.07 Å². The average Bonchev–Trinajstić information content (AvgIpc) is 2.85. The van der Waals surface area contributed by atoms with Crippen LogP contribution in [0.2, 0.25) is 0 Å². The standard InChI is InChI=1S/C28H36N4O4S/c1-18-3-8-24(27(33)30-25-20-13-19-14-21(25)17-28(34,15-19)16-20)29-26(18)32-11-9-31(10-12-32)22-4-6-23(7-5-22)37(2,35)36/h3-8,19-21,25,34H,9-17H2,1-2H3,(H,30,33)/t19?,20?,21?,25-,28-. The van der Waals surface area contributed by atoms with Crippen LogP contribution in [0.5, 0.6) is 0 Å². The molecule has 198 valence electrons. The molecule has 0 radical (unpaired) electrons. The molecule has 4 bridgehead atoms. The number of hydrogen-bond acceptors (Lipinski definition) is 7. The number of piperazine rings is 1. The summed E-state index contributed by atoms with van der Waals surface area (Å²) in [6.45, 7) is 5.12. The molecular formula is C28H36N4O4S. The summed E-state index contributed by atoms with van der Waals surface area (Å²) >= 11 is 0. The minimum absolute atomic E-state index is 0.115. The van der Waals surface area contributed by atoms with Crippen molar-refractivity contribution in [2.45, 2.75) is 55.6 Å². The zero-order valence-electron chi connectivity index (χ0n) is 21.6. The van der Waals surface area contributed by atoms with Gasteiger partial charge in [-0.25, -0.2) is 13.4 Å². The highest BCUT2D eigenvalue weighted by Crippen LogP contribution is 2.55. The molecule has 1 aromatic heterocycles. The van der Waals surface area contributed by atoms with Gasteiger partial charge in [-0.05, 0) is 92.7 Å². The zero-order valence-corrected chi connectivity index (χ0v) is 22.4. The minimum atomic E-state index is -3.21. The number of nitrogens with zero attached hydrogens (tertiary/aromatic N) is 3. The largest absolute Gasteiger partial charge is 0.390 e. The summed E-state index contributed by atoms with van der Waals surface area (Å²) in [6, 6.07) is 11.0. The predicted molar refractivity (Wildman–Crippen MR) is 143 cm³/mol. The van der Waals surface area contributed by atoms with E-state index in [2.05, 4.69) is 15.1 Å². The Bertz CT molecular complexity index is 1290. The zero-order chi connectivity index (χ0) is 25.9. The van der Waals surface area contributed by atoms with Crippen molar-refractivity contribution in [2.24, 2.45) is 17.8 Å². The van der Waals surface area contributed by atoms with Gasteiger partial charge in [0.1, 0.15) is 11.5 Å². The Hall–Kier alpha value is -2.65. The lowest BCUT2D eigenvalue weighted by Crippen LogP contribution is -2.61. The molecule has 4 saturated carbocycles. The second-order valence-corrected chi connectivity index (χ2v) is 13.8. The molecular weight excluding hydrogens is 488 g/mol. The summed E-state index contributed by atoms with van der Waals surface area (Å²) in [5.74, 6) is 2.07. The van der Waals surface area contributed by atoms with Crippen LogP contribution in [-0.4, -0.2) is 68.5 Å². The molecule has 1 saturated heterocycles. The normalized spacial score (nSPS) is 31.0. The van der Waals surface area contributed by atoms with E-state index in [9.17, 15) is 18.3 Å². The van der Waals surface area contributed by atoms with Gasteiger partial charge in [0, 0.05) is 44.2 Å². The Morgan fingerprint density at radius 1 is 0.973 bits per heavy atom. The Morgan fingerprint density at radius 3 is 2.19 bits per heavy atom. The molecule has 4 aliphatic carbocycles. The summed E-state index contributed by atoms with van der Waals surface area (Å²) < 4.78 is 23.5. The second kappa shape index (κ2) is 8.98. The number of aryl methyl sites for hydroxylation is 1. The molecule has 5 fully saturated rings. The van der Waals surface area contributed by atoms with Crippen LogP contribution in [-0.2, 0) is 9.84 Å². The van der Waals surface area contributed by atoms with Crippen LogP contribution >= 0.6 is 0 Å². The van der Waals surface area contributed by atoms with Crippen molar-refractivity contribution in [1.82, 2.24) is 10.3 Å². The van der Waals surface area contributed by atoms with Crippen LogP contribution in [0.3, 0.4) is 0 Å². The molecule has 9 heteroatoms. The Kier molecular flexibility index (Phi) is 5.99. The fraction of sp³-hybridized carbons (Fsp3) is 0.571. The number of aliphatic hydroxyl groups is 1. The van der Waals surface area contributed by atoms with Crippen LogP contribution in [0.15, 0.2) is 41.3 Å². The van der Waals surface area contributed by atoms with E-state index in [4.69, 9.17) is 4.98 Å². The Balaban J connectivity index is 1.11. The maximum absolute atomic E-state index is 13.3. The highest BCUT2D eigenvalue weighted by molar-refractivity contribution is 7.90. The maximum atomic E-state index is 13.3. The number of carbonyl (C=O) groups is 1. The molecule has 2 heterocycles. The van der Waals surface area contributed by atoms with Crippen molar-refractivity contribution in [3.63, 3.8) is 0 Å². The number of carbonyl (C=O) groups excluding carboxylic acids is 1. The van der Waals surface area contributed by atoms with Gasteiger partial charge < -0.3 is 20.2 Å². The van der Waals surface area contributed by atoms with E-state index in [-0.39, 0.29) is 11.9 Å². The van der Waals surface area contributed by atoms with Crippen LogP contribution in [0, 0.1) is 24.7 Å². The van der Waals surface area contributed by atoms with Gasteiger partial charge in [-0.3, -0.25) is 4.79 Å². The van der Waals surface area contributed by atoms with Crippen LogP contribution in [0.4, 0.5) is 11.5 Å². The van der Waals surface area contributed by atoms with Crippen LogP contribution in [0.25, 0.3) is 0 Å². The molecule has 8 nitrogen and oxygen atoms in total. The van der Waals surface area contributed by atoms with Crippen LogP contribution in [0.1, 0.15) is 48.2 Å². The number of amides is 1. The third-order valence-electron chi connectivity index (χ3n) is 9.05. The van der Waals surface area contributed by atoms with Gasteiger partial charge in [0.2, 0.25) is 0 Å². The minimum Gasteiger partial charge on any atom is -0.390 e. The smallest absolute Gasteiger partial charge is 0.270 e. The first-order valence-corrected chi connectivity index (χ1v) is 15.3. The topological polar surface area (TPSA) is 103 Å². The highest BCUT2D eigenvalue weighted by Gasteiger charge is 2.55. The lowest BCUT2D eigenvalue weighted by Gasteiger charge is -2.58. The van der Waals surface area contributed by atoms with Gasteiger partial charge in [0.05, 0.1) is 10.5 Å². The van der Waals surface area contributed by atoms with Crippen molar-refractivity contribution >= 4 is 27.2 Å². The molecule has 0 spiro atoms. The van der Waals surface area contributed by atoms with Gasteiger partial charge >= 0.3 is 0 Å². The van der Waals surface area contributed by atoms with E-state index < -0.39 is 15.4 Å². The van der Waals surface area contributed by atoms with Crippen molar-refractivity contribution < 1.29 is 18.3 Å². The number of anilines is 2. The van der Waals surface area contributed by atoms with Gasteiger partial charge in [0.15, 0.2) is 9.84 Å². The van der Waals surface area contributed by atoms with Crippen molar-refractivity contribution in [3.8, 4) is 0 Å². The quantitative estimate of drug-likeness (QED) is 0.620.